The van der Waals surface area contributed by atoms with Gasteiger partial charge < -0.3 is 14.5 Å². The summed E-state index contributed by atoms with van der Waals surface area (Å²) in [5.74, 6) is -0.955. The van der Waals surface area contributed by atoms with E-state index in [9.17, 15) is 31.2 Å². The van der Waals surface area contributed by atoms with Gasteiger partial charge in [-0.15, -0.1) is 0 Å². The number of carbonyl (C=O) groups excluding carboxylic acids is 2. The van der Waals surface area contributed by atoms with E-state index in [1.54, 1.807) is 30.3 Å². The molecule has 0 unspecified atom stereocenters. The summed E-state index contributed by atoms with van der Waals surface area (Å²) in [6.07, 6.45) is -1.84. The molecule has 1 aliphatic carbocycles. The molecule has 8 nitrogen and oxygen atoms in total. The maximum absolute atomic E-state index is 13.2. The van der Waals surface area contributed by atoms with Gasteiger partial charge in [0, 0.05) is 27.6 Å². The van der Waals surface area contributed by atoms with Crippen LogP contribution in [0.15, 0.2) is 59.0 Å². The number of esters is 1. The largest absolute Gasteiger partial charge is 0.465 e. The van der Waals surface area contributed by atoms with Gasteiger partial charge in [-0.1, -0.05) is 18.2 Å². The Morgan fingerprint density at radius 3 is 2.33 bits per heavy atom. The Labute approximate surface area is 259 Å². The average molecular weight is 727 g/mol. The Morgan fingerprint density at radius 1 is 1.09 bits per heavy atom. The molecule has 1 heterocycles. The average Bonchev–Trinajstić information content (AvgIpc) is 3.74. The second-order valence-corrected chi connectivity index (χ2v) is 13.3. The molecule has 1 amide bonds. The first-order chi connectivity index (χ1) is 20.2. The fourth-order valence-electron chi connectivity index (χ4n) is 4.93. The highest BCUT2D eigenvalue weighted by molar-refractivity contribution is 14.1. The Hall–Kier alpha value is -3.59. The number of fused-ring (bicyclic) bond motifs is 1. The second-order valence-electron chi connectivity index (χ2n) is 10.2. The second kappa shape index (κ2) is 11.5. The predicted molar refractivity (Wildman–Crippen MR) is 164 cm³/mol. The molecule has 0 atom stereocenters. The number of benzene rings is 3. The number of nitrogens with zero attached hydrogens (tertiary/aromatic N) is 1. The van der Waals surface area contributed by atoms with Crippen molar-refractivity contribution in [3.63, 3.8) is 0 Å². The Morgan fingerprint density at radius 2 is 1.77 bits per heavy atom. The van der Waals surface area contributed by atoms with Gasteiger partial charge in [0.1, 0.15) is 11.3 Å². The molecule has 0 spiro atoms. The minimum Gasteiger partial charge on any atom is -0.465 e. The van der Waals surface area contributed by atoms with E-state index < -0.39 is 33.6 Å². The molecule has 1 aliphatic rings. The zero-order chi connectivity index (χ0) is 31.3. The number of nitrogens with one attached hydrogen (secondary N) is 1. The number of sulfonamides is 1. The molecule has 4 aromatic rings. The molecule has 5 rings (SSSR count). The summed E-state index contributed by atoms with van der Waals surface area (Å²) in [4.78, 5) is 25.3. The van der Waals surface area contributed by atoms with Crippen LogP contribution in [0, 0.1) is 3.57 Å². The van der Waals surface area contributed by atoms with E-state index in [2.05, 4.69) is 5.32 Å². The molecule has 1 aromatic heterocycles. The lowest BCUT2D eigenvalue weighted by Gasteiger charge is -2.25. The minimum absolute atomic E-state index is 0.0351. The predicted octanol–water partition coefficient (Wildman–Crippen LogP) is 6.71. The van der Waals surface area contributed by atoms with Gasteiger partial charge in [0.15, 0.2) is 0 Å². The van der Waals surface area contributed by atoms with Crippen molar-refractivity contribution in [1.29, 1.82) is 0 Å². The highest BCUT2D eigenvalue weighted by Gasteiger charge is 2.34. The van der Waals surface area contributed by atoms with Crippen molar-refractivity contribution >= 4 is 61.1 Å². The molecule has 0 radical (unpaired) electrons. The number of ether oxygens (including phenoxy) is 1. The van der Waals surface area contributed by atoms with Crippen molar-refractivity contribution in [2.45, 2.75) is 31.5 Å². The van der Waals surface area contributed by atoms with Gasteiger partial charge in [-0.05, 0) is 82.8 Å². The van der Waals surface area contributed by atoms with E-state index in [4.69, 9.17) is 9.15 Å². The van der Waals surface area contributed by atoms with Gasteiger partial charge in [0.25, 0.3) is 5.91 Å². The summed E-state index contributed by atoms with van der Waals surface area (Å²) in [6, 6.07) is 12.6. The Bertz CT molecular complexity index is 1850. The van der Waals surface area contributed by atoms with Crippen LogP contribution in [-0.2, 0) is 27.5 Å². The van der Waals surface area contributed by atoms with E-state index >= 15 is 0 Å². The van der Waals surface area contributed by atoms with E-state index in [1.165, 1.54) is 30.6 Å². The zero-order valence-electron chi connectivity index (χ0n) is 23.2. The SMILES string of the molecule is CNC(=O)c1c(-c2ccc(C(F)(F)F)cc2)oc2cc(N(Cc3ccc(I)c(C(=O)OC)c3)S(C)(=O)=O)c(C3CC3)cc12. The molecule has 0 saturated heterocycles. The first kappa shape index (κ1) is 30.9. The number of alkyl halides is 3. The number of hydrogen-bond donors (Lipinski definition) is 1. The Kier molecular flexibility index (Phi) is 8.24. The van der Waals surface area contributed by atoms with Crippen molar-refractivity contribution < 1.29 is 40.3 Å². The summed E-state index contributed by atoms with van der Waals surface area (Å²) < 4.78 is 78.8. The van der Waals surface area contributed by atoms with Gasteiger partial charge >= 0.3 is 12.1 Å². The van der Waals surface area contributed by atoms with E-state index in [1.807, 2.05) is 22.6 Å². The lowest BCUT2D eigenvalue weighted by molar-refractivity contribution is -0.137. The van der Waals surface area contributed by atoms with Crippen LogP contribution < -0.4 is 9.62 Å². The molecular formula is C30H26F3IN2O6S. The summed E-state index contributed by atoms with van der Waals surface area (Å²) in [7, 11) is -1.17. The first-order valence-corrected chi connectivity index (χ1v) is 16.0. The van der Waals surface area contributed by atoms with Crippen molar-refractivity contribution in [3.05, 3.63) is 86.0 Å². The number of rotatable bonds is 8. The van der Waals surface area contributed by atoms with E-state index in [0.29, 0.717) is 31.3 Å². The summed E-state index contributed by atoms with van der Waals surface area (Å²) in [5.41, 5.74) is 1.64. The molecule has 13 heteroatoms. The molecule has 1 saturated carbocycles. The highest BCUT2D eigenvalue weighted by Crippen LogP contribution is 2.48. The van der Waals surface area contributed by atoms with Crippen molar-refractivity contribution in [1.82, 2.24) is 5.32 Å². The Balaban J connectivity index is 1.68. The standard InChI is InChI=1S/C30H26F3IN2O6S/c1-35-28(37)26-22-13-20(17-5-6-17)24(14-25(22)42-27(26)18-7-9-19(10-8-18)30(31,32)33)36(43(3,39)40)15-16-4-11-23(34)21(12-16)29(38)41-2/h4,7-14,17H,5-6,15H2,1-3H3,(H,35,37). The number of methoxy groups -OCH3 is 1. The summed E-state index contributed by atoms with van der Waals surface area (Å²) >= 11 is 2.00. The van der Waals surface area contributed by atoms with E-state index in [-0.39, 0.29) is 34.9 Å². The molecule has 3 aromatic carbocycles. The molecule has 1 fully saturated rings. The molecular weight excluding hydrogens is 700 g/mol. The summed E-state index contributed by atoms with van der Waals surface area (Å²) in [6.45, 7) is -0.0975. The topological polar surface area (TPSA) is 106 Å². The van der Waals surface area contributed by atoms with Crippen molar-refractivity contribution in [3.8, 4) is 11.3 Å². The fraction of sp³-hybridized carbons (Fsp3) is 0.267. The lowest BCUT2D eigenvalue weighted by Crippen LogP contribution is -2.30. The van der Waals surface area contributed by atoms with Crippen LogP contribution >= 0.6 is 22.6 Å². The number of furan rings is 1. The van der Waals surface area contributed by atoms with Gasteiger partial charge in [-0.25, -0.2) is 13.2 Å². The van der Waals surface area contributed by atoms with Crippen molar-refractivity contribution in [2.75, 3.05) is 24.7 Å². The van der Waals surface area contributed by atoms with Crippen molar-refractivity contribution in [2.24, 2.45) is 0 Å². The van der Waals surface area contributed by atoms with Gasteiger partial charge in [0.05, 0.1) is 42.3 Å². The maximum Gasteiger partial charge on any atom is 0.416 e. The number of amides is 1. The van der Waals surface area contributed by atoms with Crippen LogP contribution in [-0.4, -0.2) is 40.7 Å². The monoisotopic (exact) mass is 726 g/mol. The number of anilines is 1. The quantitative estimate of drug-likeness (QED) is 0.160. The zero-order valence-corrected chi connectivity index (χ0v) is 26.2. The van der Waals surface area contributed by atoms with Crippen LogP contribution in [0.4, 0.5) is 18.9 Å². The normalized spacial score (nSPS) is 13.7. The van der Waals surface area contributed by atoms with Crippen LogP contribution in [0.1, 0.15) is 56.2 Å². The summed E-state index contributed by atoms with van der Waals surface area (Å²) in [5, 5.41) is 2.98. The third-order valence-corrected chi connectivity index (χ3v) is 9.28. The lowest BCUT2D eigenvalue weighted by atomic mass is 9.99. The molecule has 1 N–H and O–H groups in total. The molecule has 226 valence electrons. The molecule has 0 bridgehead atoms. The van der Waals surface area contributed by atoms with Crippen LogP contribution in [0.2, 0.25) is 0 Å². The first-order valence-electron chi connectivity index (χ1n) is 13.1. The number of carbonyl (C=O) groups is 2. The fourth-order valence-corrected chi connectivity index (χ4v) is 6.39. The molecule has 43 heavy (non-hydrogen) atoms. The van der Waals surface area contributed by atoms with Crippen LogP contribution in [0.5, 0.6) is 0 Å². The van der Waals surface area contributed by atoms with E-state index in [0.717, 1.165) is 31.2 Å². The number of halogens is 4. The van der Waals surface area contributed by atoms with Crippen LogP contribution in [0.3, 0.4) is 0 Å². The van der Waals surface area contributed by atoms with Gasteiger partial charge in [-0.3, -0.25) is 9.10 Å². The van der Waals surface area contributed by atoms with Gasteiger partial charge in [0.2, 0.25) is 10.0 Å². The van der Waals surface area contributed by atoms with Crippen LogP contribution in [0.25, 0.3) is 22.3 Å². The van der Waals surface area contributed by atoms with Gasteiger partial charge in [-0.2, -0.15) is 13.2 Å². The smallest absolute Gasteiger partial charge is 0.416 e. The number of hydrogen-bond acceptors (Lipinski definition) is 6. The maximum atomic E-state index is 13.2. The minimum atomic E-state index is -4.53. The third kappa shape index (κ3) is 6.23. The molecule has 0 aliphatic heterocycles. The third-order valence-electron chi connectivity index (χ3n) is 7.21. The highest BCUT2D eigenvalue weighted by atomic mass is 127.